The molecule has 0 bridgehead atoms. The van der Waals surface area contributed by atoms with E-state index in [0.29, 0.717) is 28.6 Å². The number of aliphatic imine (C=N–C) groups is 2. The van der Waals surface area contributed by atoms with E-state index in [1.54, 1.807) is 24.4 Å². The first-order chi connectivity index (χ1) is 14.2. The molecule has 10 heteroatoms. The summed E-state index contributed by atoms with van der Waals surface area (Å²) in [6.07, 6.45) is 1.75. The van der Waals surface area contributed by atoms with Crippen molar-refractivity contribution in [2.75, 3.05) is 0 Å². The normalized spacial score (nSPS) is 11.9. The highest BCUT2D eigenvalue weighted by Gasteiger charge is 2.11. The summed E-state index contributed by atoms with van der Waals surface area (Å²) in [4.78, 5) is 8.66. The number of nitrogens with two attached hydrogens (primary N) is 2. The number of phenols is 1. The average molecular weight is 478 g/mol. The standard InChI is InChI=1S/C22H27N7O.2ClH/c1-13(2)25-21(23)16-7-5-15(6-8-16)18-12-29(28-27-18)19-10-9-17(11-20(19)30)22(24)26-14(3)4;;/h5-14,30H,1-4H3,(H2,23,25)(H2,24,26);2*1H. The summed E-state index contributed by atoms with van der Waals surface area (Å²) >= 11 is 0. The third kappa shape index (κ3) is 6.45. The van der Waals surface area contributed by atoms with Crippen LogP contribution in [0.2, 0.25) is 0 Å². The third-order valence-corrected chi connectivity index (χ3v) is 4.28. The van der Waals surface area contributed by atoms with E-state index < -0.39 is 0 Å². The topological polar surface area (TPSA) is 128 Å². The minimum absolute atomic E-state index is 0. The summed E-state index contributed by atoms with van der Waals surface area (Å²) in [6.45, 7) is 7.84. The van der Waals surface area contributed by atoms with E-state index in [4.69, 9.17) is 11.5 Å². The molecule has 0 spiro atoms. The molecule has 3 aromatic rings. The molecule has 1 heterocycles. The number of halogens is 2. The molecule has 172 valence electrons. The van der Waals surface area contributed by atoms with Gasteiger partial charge in [-0.15, -0.1) is 29.9 Å². The molecule has 0 unspecified atom stereocenters. The number of aromatic hydroxyl groups is 1. The molecule has 1 aromatic heterocycles. The summed E-state index contributed by atoms with van der Waals surface area (Å²) in [7, 11) is 0. The summed E-state index contributed by atoms with van der Waals surface area (Å²) in [6, 6.07) is 12.9. The zero-order valence-corrected chi connectivity index (χ0v) is 20.1. The Hall–Kier alpha value is -3.10. The Bertz CT molecular complexity index is 1090. The van der Waals surface area contributed by atoms with Gasteiger partial charge < -0.3 is 16.6 Å². The highest BCUT2D eigenvalue weighted by Crippen LogP contribution is 2.25. The van der Waals surface area contributed by atoms with Gasteiger partial charge in [0, 0.05) is 28.8 Å². The zero-order valence-electron chi connectivity index (χ0n) is 18.4. The molecule has 32 heavy (non-hydrogen) atoms. The summed E-state index contributed by atoms with van der Waals surface area (Å²) in [5.41, 5.74) is 15.6. The number of rotatable bonds is 6. The lowest BCUT2D eigenvalue weighted by atomic mass is 10.1. The van der Waals surface area contributed by atoms with E-state index in [1.807, 2.05) is 52.0 Å². The molecule has 0 aliphatic heterocycles. The lowest BCUT2D eigenvalue weighted by molar-refractivity contribution is 0.469. The molecular weight excluding hydrogens is 449 g/mol. The molecule has 2 aromatic carbocycles. The van der Waals surface area contributed by atoms with Crippen molar-refractivity contribution in [1.29, 1.82) is 0 Å². The Morgan fingerprint density at radius 3 is 1.94 bits per heavy atom. The molecular formula is C22H29Cl2N7O. The van der Waals surface area contributed by atoms with Crippen molar-refractivity contribution in [3.8, 4) is 22.7 Å². The molecule has 0 amide bonds. The van der Waals surface area contributed by atoms with Crippen molar-refractivity contribution in [3.05, 3.63) is 59.8 Å². The summed E-state index contributed by atoms with van der Waals surface area (Å²) < 4.78 is 1.52. The maximum absolute atomic E-state index is 10.5. The van der Waals surface area contributed by atoms with Gasteiger partial charge in [-0.3, -0.25) is 9.98 Å². The lowest BCUT2D eigenvalue weighted by Gasteiger charge is -2.07. The Morgan fingerprint density at radius 1 is 0.875 bits per heavy atom. The first kappa shape index (κ1) is 26.9. The number of hydrogen-bond donors (Lipinski definition) is 3. The fraction of sp³-hybridized carbons (Fsp3) is 0.273. The van der Waals surface area contributed by atoms with Crippen LogP contribution in [0.4, 0.5) is 0 Å². The number of amidine groups is 2. The monoisotopic (exact) mass is 477 g/mol. The van der Waals surface area contributed by atoms with Crippen LogP contribution in [0.5, 0.6) is 5.75 Å². The van der Waals surface area contributed by atoms with E-state index in [9.17, 15) is 5.11 Å². The minimum atomic E-state index is 0. The fourth-order valence-corrected chi connectivity index (χ4v) is 2.91. The van der Waals surface area contributed by atoms with E-state index >= 15 is 0 Å². The Balaban J connectivity index is 0.00000256. The molecule has 0 radical (unpaired) electrons. The second kappa shape index (κ2) is 11.5. The lowest BCUT2D eigenvalue weighted by Crippen LogP contribution is -2.15. The van der Waals surface area contributed by atoms with Crippen molar-refractivity contribution in [3.63, 3.8) is 0 Å². The number of nitrogens with zero attached hydrogens (tertiary/aromatic N) is 5. The number of phenolic OH excluding ortho intramolecular Hbond substituents is 1. The fourth-order valence-electron chi connectivity index (χ4n) is 2.91. The van der Waals surface area contributed by atoms with Crippen molar-refractivity contribution < 1.29 is 5.11 Å². The van der Waals surface area contributed by atoms with Gasteiger partial charge in [-0.05, 0) is 45.9 Å². The minimum Gasteiger partial charge on any atom is -0.506 e. The van der Waals surface area contributed by atoms with Crippen LogP contribution in [0.25, 0.3) is 16.9 Å². The van der Waals surface area contributed by atoms with Gasteiger partial charge in [0.2, 0.25) is 0 Å². The largest absolute Gasteiger partial charge is 0.506 e. The van der Waals surface area contributed by atoms with E-state index in [-0.39, 0.29) is 42.6 Å². The van der Waals surface area contributed by atoms with E-state index in [2.05, 4.69) is 20.3 Å². The Morgan fingerprint density at radius 2 is 1.41 bits per heavy atom. The Labute approximate surface area is 200 Å². The van der Waals surface area contributed by atoms with Crippen molar-refractivity contribution in [1.82, 2.24) is 15.0 Å². The van der Waals surface area contributed by atoms with Gasteiger partial charge in [-0.25, -0.2) is 4.68 Å². The van der Waals surface area contributed by atoms with Gasteiger partial charge in [-0.1, -0.05) is 29.5 Å². The predicted molar refractivity (Wildman–Crippen MR) is 135 cm³/mol. The van der Waals surface area contributed by atoms with E-state index in [1.165, 1.54) is 4.68 Å². The van der Waals surface area contributed by atoms with Gasteiger partial charge in [-0.2, -0.15) is 0 Å². The highest BCUT2D eigenvalue weighted by molar-refractivity contribution is 5.98. The van der Waals surface area contributed by atoms with Gasteiger partial charge in [0.25, 0.3) is 0 Å². The van der Waals surface area contributed by atoms with Crippen LogP contribution >= 0.6 is 24.8 Å². The first-order valence-corrected chi connectivity index (χ1v) is 9.78. The molecule has 0 fully saturated rings. The maximum atomic E-state index is 10.5. The highest BCUT2D eigenvalue weighted by atomic mass is 35.5. The molecule has 0 saturated carbocycles. The molecule has 0 atom stereocenters. The third-order valence-electron chi connectivity index (χ3n) is 4.28. The SMILES string of the molecule is CC(C)N=C(N)c1ccc(-c2cn(-c3ccc(C(N)=NC(C)C)cc3O)nn2)cc1.Cl.Cl. The average Bonchev–Trinajstić information content (AvgIpc) is 3.16. The number of aromatic nitrogens is 3. The van der Waals surface area contributed by atoms with Gasteiger partial charge in [0.1, 0.15) is 28.8 Å². The van der Waals surface area contributed by atoms with Gasteiger partial charge in [0.05, 0.1) is 6.20 Å². The van der Waals surface area contributed by atoms with Crippen LogP contribution in [0.1, 0.15) is 38.8 Å². The molecule has 0 aliphatic carbocycles. The van der Waals surface area contributed by atoms with Crippen molar-refractivity contribution >= 4 is 36.5 Å². The second-order valence-electron chi connectivity index (χ2n) is 7.55. The second-order valence-corrected chi connectivity index (χ2v) is 7.55. The van der Waals surface area contributed by atoms with Crippen LogP contribution < -0.4 is 11.5 Å². The summed E-state index contributed by atoms with van der Waals surface area (Å²) in [5, 5.41) is 18.8. The molecule has 0 saturated heterocycles. The van der Waals surface area contributed by atoms with Gasteiger partial charge in [0.15, 0.2) is 0 Å². The quantitative estimate of drug-likeness (QED) is 0.368. The number of benzene rings is 2. The van der Waals surface area contributed by atoms with Crippen molar-refractivity contribution in [2.24, 2.45) is 21.5 Å². The summed E-state index contributed by atoms with van der Waals surface area (Å²) in [5.74, 6) is 0.927. The van der Waals surface area contributed by atoms with Crippen LogP contribution in [0, 0.1) is 0 Å². The molecule has 3 rings (SSSR count). The zero-order chi connectivity index (χ0) is 21.8. The van der Waals surface area contributed by atoms with Crippen LogP contribution in [0.3, 0.4) is 0 Å². The molecule has 8 nitrogen and oxygen atoms in total. The Kier molecular flexibility index (Phi) is 9.68. The van der Waals surface area contributed by atoms with Gasteiger partial charge >= 0.3 is 0 Å². The predicted octanol–water partition coefficient (Wildman–Crippen LogP) is 3.71. The maximum Gasteiger partial charge on any atom is 0.142 e. The van der Waals surface area contributed by atoms with Crippen molar-refractivity contribution in [2.45, 2.75) is 39.8 Å². The van der Waals surface area contributed by atoms with E-state index in [0.717, 1.165) is 11.1 Å². The smallest absolute Gasteiger partial charge is 0.142 e. The number of hydrogen-bond acceptors (Lipinski definition) is 5. The molecule has 0 aliphatic rings. The van der Waals surface area contributed by atoms with Crippen LogP contribution in [0.15, 0.2) is 58.6 Å². The molecule has 5 N–H and O–H groups in total. The van der Waals surface area contributed by atoms with Crippen LogP contribution in [-0.4, -0.2) is 43.9 Å². The van der Waals surface area contributed by atoms with Crippen LogP contribution in [-0.2, 0) is 0 Å². The first-order valence-electron chi connectivity index (χ1n) is 9.78.